The molecule has 2 saturated heterocycles. The fourth-order valence-corrected chi connectivity index (χ4v) is 6.07. The van der Waals surface area contributed by atoms with Crippen molar-refractivity contribution in [2.75, 3.05) is 31.5 Å². The van der Waals surface area contributed by atoms with E-state index in [0.717, 1.165) is 36.9 Å². The average Bonchev–Trinajstić information content (AvgIpc) is 3.41. The molecule has 5 rings (SSSR count). The lowest BCUT2D eigenvalue weighted by atomic mass is 9.89. The van der Waals surface area contributed by atoms with Gasteiger partial charge in [-0.25, -0.2) is 4.39 Å². The topological polar surface area (TPSA) is 59.6 Å². The molecular formula is C23H31F4N5O. The van der Waals surface area contributed by atoms with Gasteiger partial charge in [-0.2, -0.15) is 13.2 Å². The van der Waals surface area contributed by atoms with Crippen molar-refractivity contribution >= 4 is 11.6 Å². The molecule has 3 heterocycles. The zero-order chi connectivity index (χ0) is 23.3. The Morgan fingerprint density at radius 3 is 2.76 bits per heavy atom. The van der Waals surface area contributed by atoms with E-state index in [1.807, 2.05) is 6.92 Å². The Bertz CT molecular complexity index is 879. The van der Waals surface area contributed by atoms with Crippen LogP contribution in [0.2, 0.25) is 0 Å². The summed E-state index contributed by atoms with van der Waals surface area (Å²) in [5.41, 5.74) is 2.21. The van der Waals surface area contributed by atoms with Crippen molar-refractivity contribution in [2.45, 2.75) is 75.5 Å². The highest BCUT2D eigenvalue weighted by Gasteiger charge is 2.51. The van der Waals surface area contributed by atoms with Crippen LogP contribution in [0.4, 0.5) is 23.2 Å². The molecule has 3 N–H and O–H groups in total. The van der Waals surface area contributed by atoms with E-state index in [1.165, 1.54) is 6.07 Å². The quantitative estimate of drug-likeness (QED) is 0.594. The normalized spacial score (nSPS) is 32.8. The fourth-order valence-electron chi connectivity index (χ4n) is 6.07. The largest absolute Gasteiger partial charge is 0.417 e. The van der Waals surface area contributed by atoms with Gasteiger partial charge in [0.1, 0.15) is 11.9 Å². The number of carbonyl (C=O) groups is 1. The van der Waals surface area contributed by atoms with Crippen LogP contribution in [-0.4, -0.2) is 78.4 Å². The summed E-state index contributed by atoms with van der Waals surface area (Å²) in [4.78, 5) is 16.8. The molecule has 1 saturated carbocycles. The number of amides is 1. The van der Waals surface area contributed by atoms with Gasteiger partial charge in [-0.1, -0.05) is 6.07 Å². The van der Waals surface area contributed by atoms with Crippen LogP contribution in [-0.2, 0) is 11.2 Å². The first-order valence-electron chi connectivity index (χ1n) is 11.9. The number of piperazine rings is 1. The van der Waals surface area contributed by atoms with E-state index >= 15 is 0 Å². The second-order valence-electron chi connectivity index (χ2n) is 9.88. The van der Waals surface area contributed by atoms with Crippen molar-refractivity contribution in [1.29, 1.82) is 0 Å². The maximum atomic E-state index is 14.2. The van der Waals surface area contributed by atoms with Crippen molar-refractivity contribution in [3.63, 3.8) is 0 Å². The molecule has 0 aromatic heterocycles. The number of aryl methyl sites for hydroxylation is 1. The zero-order valence-corrected chi connectivity index (χ0v) is 18.7. The van der Waals surface area contributed by atoms with Crippen LogP contribution in [0.25, 0.3) is 0 Å². The van der Waals surface area contributed by atoms with E-state index in [0.29, 0.717) is 38.2 Å². The Kier molecular flexibility index (Phi) is 6.03. The summed E-state index contributed by atoms with van der Waals surface area (Å²) in [6.45, 7) is 3.85. The Balaban J connectivity index is 1.16. The molecule has 6 nitrogen and oxygen atoms in total. The number of nitrogens with one attached hydrogen (secondary N) is 3. The zero-order valence-electron chi connectivity index (χ0n) is 18.7. The third kappa shape index (κ3) is 4.44. The van der Waals surface area contributed by atoms with Crippen molar-refractivity contribution < 1.29 is 22.4 Å². The molecule has 10 heteroatoms. The van der Waals surface area contributed by atoms with E-state index in [2.05, 4.69) is 20.9 Å². The molecule has 3 aliphatic heterocycles. The van der Waals surface area contributed by atoms with Crippen LogP contribution in [0.15, 0.2) is 12.1 Å². The highest BCUT2D eigenvalue weighted by molar-refractivity contribution is 5.88. The number of benzene rings is 1. The Morgan fingerprint density at radius 2 is 2.00 bits per heavy atom. The summed E-state index contributed by atoms with van der Waals surface area (Å²) < 4.78 is 53.9. The Labute approximate surface area is 191 Å². The van der Waals surface area contributed by atoms with E-state index in [1.54, 1.807) is 11.0 Å². The summed E-state index contributed by atoms with van der Waals surface area (Å²) in [5.74, 6) is -0.405. The van der Waals surface area contributed by atoms with Gasteiger partial charge in [-0.05, 0) is 44.2 Å². The number of hydrogen-bond acceptors (Lipinski definition) is 5. The molecule has 3 fully saturated rings. The summed E-state index contributed by atoms with van der Waals surface area (Å²) >= 11 is 0. The van der Waals surface area contributed by atoms with Crippen LogP contribution in [0.1, 0.15) is 36.8 Å². The van der Waals surface area contributed by atoms with Gasteiger partial charge >= 0.3 is 6.18 Å². The number of rotatable bonds is 3. The smallest absolute Gasteiger partial charge is 0.373 e. The number of alkyl halides is 3. The number of fused-ring (bicyclic) bond motifs is 2. The molecule has 33 heavy (non-hydrogen) atoms. The van der Waals surface area contributed by atoms with E-state index in [9.17, 15) is 22.4 Å². The van der Waals surface area contributed by atoms with Crippen molar-refractivity contribution in [3.05, 3.63) is 29.1 Å². The molecule has 182 valence electrons. The van der Waals surface area contributed by atoms with Crippen molar-refractivity contribution in [3.8, 4) is 0 Å². The van der Waals surface area contributed by atoms with E-state index in [4.69, 9.17) is 0 Å². The van der Waals surface area contributed by atoms with Crippen LogP contribution in [0, 0.1) is 12.7 Å². The summed E-state index contributed by atoms with van der Waals surface area (Å²) in [6, 6.07) is 2.81. The van der Waals surface area contributed by atoms with Gasteiger partial charge in [0, 0.05) is 62.0 Å². The summed E-state index contributed by atoms with van der Waals surface area (Å²) in [5, 5.41) is 8.96. The second kappa shape index (κ2) is 8.70. The highest BCUT2D eigenvalue weighted by Crippen LogP contribution is 2.33. The van der Waals surface area contributed by atoms with Gasteiger partial charge < -0.3 is 10.6 Å². The SMILES string of the molecule is Cc1ccc(F)c2c1NC(C(=O)N[C@@H]1CCC[C@@H](N3CCN4C(CNC4C(F)(F)F)C3)C1)C2. The lowest BCUT2D eigenvalue weighted by Crippen LogP contribution is -2.59. The number of nitrogens with zero attached hydrogens (tertiary/aromatic N) is 2. The number of anilines is 1. The van der Waals surface area contributed by atoms with Gasteiger partial charge in [-0.15, -0.1) is 0 Å². The Morgan fingerprint density at radius 1 is 1.18 bits per heavy atom. The molecule has 4 aliphatic rings. The standard InChI is InChI=1S/C23H31F4N5O/c1-13-5-6-18(24)17-10-19(30-20(13)17)21(33)29-14-3-2-4-15(9-14)31-7-8-32-16(12-31)11-28-22(32)23(25,26)27/h5-6,14-16,19,22,28,30H,2-4,7-12H2,1H3,(H,29,33)/t14-,15-,16?,19?,22?/m1/s1. The molecule has 3 unspecified atom stereocenters. The second-order valence-corrected chi connectivity index (χ2v) is 9.88. The number of hydrogen-bond donors (Lipinski definition) is 3. The molecule has 0 radical (unpaired) electrons. The number of halogens is 4. The van der Waals surface area contributed by atoms with Gasteiger partial charge in [-0.3, -0.25) is 19.9 Å². The van der Waals surface area contributed by atoms with Gasteiger partial charge in [0.2, 0.25) is 5.91 Å². The maximum absolute atomic E-state index is 14.2. The lowest BCUT2D eigenvalue weighted by Gasteiger charge is -2.45. The number of carbonyl (C=O) groups excluding carboxylic acids is 1. The minimum Gasteiger partial charge on any atom is -0.373 e. The minimum absolute atomic E-state index is 0.0235. The van der Waals surface area contributed by atoms with E-state index < -0.39 is 18.4 Å². The van der Waals surface area contributed by atoms with Crippen LogP contribution in [0.3, 0.4) is 0 Å². The van der Waals surface area contributed by atoms with Gasteiger partial charge in [0.05, 0.1) is 0 Å². The molecule has 0 spiro atoms. The molecule has 5 atom stereocenters. The molecule has 1 aromatic carbocycles. The highest BCUT2D eigenvalue weighted by atomic mass is 19.4. The molecular weight excluding hydrogens is 438 g/mol. The minimum atomic E-state index is -4.26. The van der Waals surface area contributed by atoms with Crippen LogP contribution >= 0.6 is 0 Å². The lowest BCUT2D eigenvalue weighted by molar-refractivity contribution is -0.188. The maximum Gasteiger partial charge on any atom is 0.417 e. The first kappa shape index (κ1) is 22.9. The predicted molar refractivity (Wildman–Crippen MR) is 116 cm³/mol. The van der Waals surface area contributed by atoms with Crippen molar-refractivity contribution in [2.24, 2.45) is 0 Å². The van der Waals surface area contributed by atoms with Gasteiger partial charge in [0.25, 0.3) is 0 Å². The first-order valence-corrected chi connectivity index (χ1v) is 11.9. The monoisotopic (exact) mass is 469 g/mol. The molecule has 1 aromatic rings. The van der Waals surface area contributed by atoms with Crippen molar-refractivity contribution in [1.82, 2.24) is 20.4 Å². The van der Waals surface area contributed by atoms with E-state index in [-0.39, 0.29) is 29.8 Å². The molecule has 1 amide bonds. The first-order chi connectivity index (χ1) is 15.7. The van der Waals surface area contributed by atoms with Crippen LogP contribution in [0.5, 0.6) is 0 Å². The summed E-state index contributed by atoms with van der Waals surface area (Å²) in [7, 11) is 0. The third-order valence-electron chi connectivity index (χ3n) is 7.76. The summed E-state index contributed by atoms with van der Waals surface area (Å²) in [6.07, 6.45) is -1.82. The molecule has 1 aliphatic carbocycles. The molecule has 0 bridgehead atoms. The van der Waals surface area contributed by atoms with Gasteiger partial charge in [0.15, 0.2) is 6.17 Å². The average molecular weight is 470 g/mol. The Hall–Kier alpha value is -1.91. The predicted octanol–water partition coefficient (Wildman–Crippen LogP) is 2.38. The fraction of sp³-hybridized carbons (Fsp3) is 0.696. The third-order valence-corrected chi connectivity index (χ3v) is 7.76. The van der Waals surface area contributed by atoms with Crippen LogP contribution < -0.4 is 16.0 Å².